The van der Waals surface area contributed by atoms with Gasteiger partial charge in [-0.2, -0.15) is 0 Å². The van der Waals surface area contributed by atoms with Gasteiger partial charge in [0.25, 0.3) is 0 Å². The largest absolute Gasteiger partial charge is 0.0783 e. The molecule has 3 saturated carbocycles. The molecular formula is C32H56. The first-order valence-corrected chi connectivity index (χ1v) is 14.3. The van der Waals surface area contributed by atoms with Crippen LogP contribution < -0.4 is 0 Å². The summed E-state index contributed by atoms with van der Waals surface area (Å²) in [5.41, 5.74) is 4.34. The maximum atomic E-state index is 2.94. The number of fused-ring (bicyclic) bond motifs is 3. The number of rotatable bonds is 3. The average Bonchev–Trinajstić information content (AvgIpc) is 2.85. The van der Waals surface area contributed by atoms with Gasteiger partial charge in [-0.05, 0) is 114 Å². The third kappa shape index (κ3) is 4.28. The second-order valence-electron chi connectivity index (χ2n) is 16.3. The van der Waals surface area contributed by atoms with Crippen LogP contribution in [0, 0.1) is 56.7 Å². The van der Waals surface area contributed by atoms with Gasteiger partial charge in [-0.3, -0.25) is 0 Å². The minimum atomic E-state index is 0.438. The van der Waals surface area contributed by atoms with Crippen molar-refractivity contribution in [2.24, 2.45) is 56.7 Å². The molecule has 0 aromatic rings. The Labute approximate surface area is 201 Å². The van der Waals surface area contributed by atoms with Gasteiger partial charge in [0.05, 0.1) is 0 Å². The van der Waals surface area contributed by atoms with Crippen LogP contribution in [0.2, 0.25) is 0 Å². The van der Waals surface area contributed by atoms with Crippen LogP contribution in [-0.2, 0) is 0 Å². The zero-order chi connectivity index (χ0) is 23.7. The van der Waals surface area contributed by atoms with Crippen LogP contribution in [0.3, 0.4) is 0 Å². The van der Waals surface area contributed by atoms with Crippen molar-refractivity contribution in [3.63, 3.8) is 0 Å². The van der Waals surface area contributed by atoms with Gasteiger partial charge in [-0.25, -0.2) is 0 Å². The standard InChI is InChI=1S/C32H56/c1-22(2)25-20-32-16-12-23(19-28(3,4)5)24(25)18-27(32)31(10)15-11-14-30(9,21-29(6,7)8)26(31)13-17-32/h20,22-24,26-27H,11-19,21H2,1-10H3. The van der Waals surface area contributed by atoms with Crippen molar-refractivity contribution in [3.8, 4) is 0 Å². The summed E-state index contributed by atoms with van der Waals surface area (Å²) in [5, 5.41) is 0. The molecule has 3 fully saturated rings. The zero-order valence-electron chi connectivity index (χ0n) is 23.5. The third-order valence-electron chi connectivity index (χ3n) is 10.9. The highest BCUT2D eigenvalue weighted by Crippen LogP contribution is 2.71. The maximum Gasteiger partial charge on any atom is -0.00814 e. The van der Waals surface area contributed by atoms with Crippen LogP contribution in [0.25, 0.3) is 0 Å². The molecule has 7 unspecified atom stereocenters. The van der Waals surface area contributed by atoms with Gasteiger partial charge < -0.3 is 0 Å². The molecule has 0 nitrogen and oxygen atoms in total. The van der Waals surface area contributed by atoms with Crippen LogP contribution in [0.4, 0.5) is 0 Å². The Morgan fingerprint density at radius 2 is 1.53 bits per heavy atom. The average molecular weight is 441 g/mol. The summed E-state index contributed by atoms with van der Waals surface area (Å²) in [6.07, 6.45) is 17.6. The van der Waals surface area contributed by atoms with Crippen molar-refractivity contribution in [2.75, 3.05) is 0 Å². The topological polar surface area (TPSA) is 0 Å². The molecule has 0 amide bonds. The third-order valence-corrected chi connectivity index (χ3v) is 10.9. The second kappa shape index (κ2) is 7.88. The first-order valence-electron chi connectivity index (χ1n) is 14.3. The lowest BCUT2D eigenvalue weighted by atomic mass is 9.39. The van der Waals surface area contributed by atoms with Gasteiger partial charge in [-0.15, -0.1) is 0 Å². The quantitative estimate of drug-likeness (QED) is 0.383. The van der Waals surface area contributed by atoms with E-state index in [9.17, 15) is 0 Å². The number of allylic oxidation sites excluding steroid dienone is 2. The molecule has 0 aromatic heterocycles. The van der Waals surface area contributed by atoms with E-state index in [4.69, 9.17) is 0 Å². The Hall–Kier alpha value is -0.260. The van der Waals surface area contributed by atoms with Crippen molar-refractivity contribution in [1.29, 1.82) is 0 Å². The van der Waals surface area contributed by atoms with Crippen LogP contribution in [0.1, 0.15) is 133 Å². The van der Waals surface area contributed by atoms with E-state index in [1.54, 1.807) is 0 Å². The van der Waals surface area contributed by atoms with Crippen LogP contribution >= 0.6 is 0 Å². The molecule has 5 aliphatic carbocycles. The molecule has 0 radical (unpaired) electrons. The highest BCUT2D eigenvalue weighted by Gasteiger charge is 2.63. The van der Waals surface area contributed by atoms with Crippen LogP contribution in [-0.4, -0.2) is 0 Å². The first kappa shape index (κ1) is 24.9. The van der Waals surface area contributed by atoms with Crippen LogP contribution in [0.15, 0.2) is 11.6 Å². The van der Waals surface area contributed by atoms with Crippen molar-refractivity contribution < 1.29 is 0 Å². The lowest BCUT2D eigenvalue weighted by Gasteiger charge is -2.65. The Bertz CT molecular complexity index is 726. The summed E-state index contributed by atoms with van der Waals surface area (Å²) in [7, 11) is 0. The predicted molar refractivity (Wildman–Crippen MR) is 141 cm³/mol. The van der Waals surface area contributed by atoms with Crippen molar-refractivity contribution in [3.05, 3.63) is 11.6 Å². The Balaban J connectivity index is 1.73. The Kier molecular flexibility index (Phi) is 6.12. The zero-order valence-corrected chi connectivity index (χ0v) is 23.5. The summed E-state index contributed by atoms with van der Waals surface area (Å²) in [6, 6.07) is 0. The van der Waals surface area contributed by atoms with E-state index < -0.39 is 0 Å². The highest BCUT2D eigenvalue weighted by molar-refractivity contribution is 5.27. The molecule has 0 aromatic carbocycles. The molecule has 0 N–H and O–H groups in total. The second-order valence-corrected chi connectivity index (χ2v) is 16.3. The van der Waals surface area contributed by atoms with E-state index in [-0.39, 0.29) is 0 Å². The predicted octanol–water partition coefficient (Wildman–Crippen LogP) is 10.1. The molecule has 0 heterocycles. The molecule has 184 valence electrons. The van der Waals surface area contributed by atoms with Crippen molar-refractivity contribution in [1.82, 2.24) is 0 Å². The number of hydrogen-bond donors (Lipinski definition) is 0. The first-order chi connectivity index (χ1) is 14.6. The van der Waals surface area contributed by atoms with E-state index in [0.717, 1.165) is 29.6 Å². The molecule has 0 saturated heterocycles. The van der Waals surface area contributed by atoms with Gasteiger partial charge in [0.2, 0.25) is 0 Å². The molecule has 1 spiro atoms. The van der Waals surface area contributed by atoms with E-state index in [1.165, 1.54) is 64.2 Å². The van der Waals surface area contributed by atoms with Gasteiger partial charge in [-0.1, -0.05) is 87.3 Å². The molecule has 2 bridgehead atoms. The smallest absolute Gasteiger partial charge is 0.00814 e. The van der Waals surface area contributed by atoms with Crippen molar-refractivity contribution in [2.45, 2.75) is 133 Å². The van der Waals surface area contributed by atoms with Gasteiger partial charge >= 0.3 is 0 Å². The summed E-state index contributed by atoms with van der Waals surface area (Å²) in [4.78, 5) is 0. The molecule has 7 atom stereocenters. The Morgan fingerprint density at radius 3 is 2.12 bits per heavy atom. The maximum absolute atomic E-state index is 2.94. The van der Waals surface area contributed by atoms with E-state index in [1.807, 2.05) is 5.57 Å². The lowest BCUT2D eigenvalue weighted by molar-refractivity contribution is -0.142. The van der Waals surface area contributed by atoms with E-state index in [0.29, 0.717) is 27.1 Å². The highest BCUT2D eigenvalue weighted by atomic mass is 14.7. The molecule has 5 rings (SSSR count). The van der Waals surface area contributed by atoms with Gasteiger partial charge in [0, 0.05) is 0 Å². The van der Waals surface area contributed by atoms with E-state index in [2.05, 4.69) is 75.3 Å². The Morgan fingerprint density at radius 1 is 0.875 bits per heavy atom. The molecule has 32 heavy (non-hydrogen) atoms. The normalized spacial score (nSPS) is 44.7. The summed E-state index contributed by atoms with van der Waals surface area (Å²) >= 11 is 0. The molecule has 5 aliphatic rings. The van der Waals surface area contributed by atoms with Crippen LogP contribution in [0.5, 0.6) is 0 Å². The monoisotopic (exact) mass is 440 g/mol. The fraction of sp³-hybridized carbons (Fsp3) is 0.938. The fourth-order valence-corrected chi connectivity index (χ4v) is 10.4. The molecular weight excluding hydrogens is 384 g/mol. The molecule has 0 heteroatoms. The minimum Gasteiger partial charge on any atom is -0.0783 e. The van der Waals surface area contributed by atoms with Gasteiger partial charge in [0.15, 0.2) is 0 Å². The van der Waals surface area contributed by atoms with Crippen molar-refractivity contribution >= 4 is 0 Å². The lowest BCUT2D eigenvalue weighted by Crippen LogP contribution is -2.57. The summed E-state index contributed by atoms with van der Waals surface area (Å²) in [5.74, 6) is 4.32. The van der Waals surface area contributed by atoms with E-state index >= 15 is 0 Å². The van der Waals surface area contributed by atoms with Gasteiger partial charge in [0.1, 0.15) is 0 Å². The minimum absolute atomic E-state index is 0.438. The summed E-state index contributed by atoms with van der Waals surface area (Å²) < 4.78 is 0. The fourth-order valence-electron chi connectivity index (χ4n) is 10.4. The SMILES string of the molecule is CC(C)C1=CC23CCC(CC(C)(C)C)C1CC2C1(C)CCCC(C)(CC(C)(C)C)C1CC3. The molecule has 0 aliphatic heterocycles. The number of hydrogen-bond acceptors (Lipinski definition) is 0. The summed E-state index contributed by atoms with van der Waals surface area (Å²) in [6.45, 7) is 25.3.